The van der Waals surface area contributed by atoms with Crippen LogP contribution in [0.5, 0.6) is 0 Å². The van der Waals surface area contributed by atoms with Crippen molar-refractivity contribution >= 4 is 21.6 Å². The molecule has 2 rings (SSSR count). The zero-order valence-electron chi connectivity index (χ0n) is 11.4. The van der Waals surface area contributed by atoms with Crippen LogP contribution in [-0.4, -0.2) is 21.4 Å². The van der Waals surface area contributed by atoms with Gasteiger partial charge in [-0.15, -0.1) is 0 Å². The number of carbonyl (C=O) groups is 1. The molecule has 0 aliphatic rings. The minimum absolute atomic E-state index is 0.0278. The van der Waals surface area contributed by atoms with Crippen molar-refractivity contribution in [3.8, 4) is 0 Å². The van der Waals surface area contributed by atoms with Crippen molar-refractivity contribution in [2.75, 3.05) is 12.4 Å². The molecule has 0 aliphatic carbocycles. The van der Waals surface area contributed by atoms with Crippen LogP contribution in [0.15, 0.2) is 47.4 Å². The van der Waals surface area contributed by atoms with Crippen LogP contribution >= 0.6 is 0 Å². The van der Waals surface area contributed by atoms with Crippen LogP contribution < -0.4 is 10.0 Å². The Morgan fingerprint density at radius 3 is 2.45 bits per heavy atom. The zero-order chi connectivity index (χ0) is 16.3. The zero-order valence-corrected chi connectivity index (χ0v) is 12.2. The molecule has 0 unspecified atom stereocenters. The standard InChI is InChI=1S/C14H12F2N2O3S/c1-17-22(20,21)11-4-2-3-9(7-11)14(19)18-13-6-5-10(15)8-12(13)16/h2-8,17H,1H3,(H,18,19). The molecule has 0 saturated heterocycles. The molecule has 0 atom stereocenters. The number of sulfonamides is 1. The summed E-state index contributed by atoms with van der Waals surface area (Å²) in [6.45, 7) is 0. The average Bonchev–Trinajstić information content (AvgIpc) is 2.50. The van der Waals surface area contributed by atoms with E-state index in [0.29, 0.717) is 6.07 Å². The van der Waals surface area contributed by atoms with E-state index in [1.165, 1.54) is 25.2 Å². The summed E-state index contributed by atoms with van der Waals surface area (Å²) in [4.78, 5) is 11.9. The molecule has 2 N–H and O–H groups in total. The van der Waals surface area contributed by atoms with Crippen molar-refractivity contribution in [3.05, 3.63) is 59.7 Å². The van der Waals surface area contributed by atoms with E-state index in [1.807, 2.05) is 0 Å². The lowest BCUT2D eigenvalue weighted by Gasteiger charge is -2.08. The van der Waals surface area contributed by atoms with Gasteiger partial charge in [-0.3, -0.25) is 4.79 Å². The summed E-state index contributed by atoms with van der Waals surface area (Å²) in [7, 11) is -2.45. The molecule has 0 radical (unpaired) electrons. The lowest BCUT2D eigenvalue weighted by molar-refractivity contribution is 0.102. The van der Waals surface area contributed by atoms with Gasteiger partial charge in [-0.2, -0.15) is 0 Å². The summed E-state index contributed by atoms with van der Waals surface area (Å²) in [5, 5.41) is 2.25. The van der Waals surface area contributed by atoms with E-state index in [0.717, 1.165) is 18.2 Å². The molecule has 2 aromatic carbocycles. The van der Waals surface area contributed by atoms with E-state index in [2.05, 4.69) is 10.0 Å². The third-order valence-electron chi connectivity index (χ3n) is 2.85. The highest BCUT2D eigenvalue weighted by Crippen LogP contribution is 2.17. The predicted octanol–water partition coefficient (Wildman–Crippen LogP) is 2.13. The largest absolute Gasteiger partial charge is 0.319 e. The molecule has 116 valence electrons. The minimum atomic E-state index is -3.69. The molecule has 5 nitrogen and oxygen atoms in total. The van der Waals surface area contributed by atoms with E-state index in [-0.39, 0.29) is 16.1 Å². The molecule has 0 spiro atoms. The molecule has 0 fully saturated rings. The van der Waals surface area contributed by atoms with Crippen molar-refractivity contribution in [1.82, 2.24) is 4.72 Å². The summed E-state index contributed by atoms with van der Waals surface area (Å²) in [6, 6.07) is 7.96. The van der Waals surface area contributed by atoms with E-state index in [9.17, 15) is 22.0 Å². The average molecular weight is 326 g/mol. The molecule has 22 heavy (non-hydrogen) atoms. The third-order valence-corrected chi connectivity index (χ3v) is 4.27. The number of halogens is 2. The van der Waals surface area contributed by atoms with E-state index in [1.54, 1.807) is 0 Å². The number of hydrogen-bond donors (Lipinski definition) is 2. The Hall–Kier alpha value is -2.32. The Labute approximate surface area is 126 Å². The first-order valence-electron chi connectivity index (χ1n) is 6.13. The van der Waals surface area contributed by atoms with Crippen molar-refractivity contribution in [1.29, 1.82) is 0 Å². The molecule has 1 amide bonds. The fraction of sp³-hybridized carbons (Fsp3) is 0.0714. The maximum atomic E-state index is 13.5. The van der Waals surface area contributed by atoms with Gasteiger partial charge in [-0.1, -0.05) is 6.07 Å². The number of hydrogen-bond acceptors (Lipinski definition) is 3. The summed E-state index contributed by atoms with van der Waals surface area (Å²) < 4.78 is 51.8. The van der Waals surface area contributed by atoms with Crippen molar-refractivity contribution in [2.24, 2.45) is 0 Å². The topological polar surface area (TPSA) is 75.3 Å². The molecule has 0 saturated carbocycles. The van der Waals surface area contributed by atoms with Crippen LogP contribution in [0.25, 0.3) is 0 Å². The molecule has 0 aromatic heterocycles. The van der Waals surface area contributed by atoms with Crippen LogP contribution in [0.3, 0.4) is 0 Å². The lowest BCUT2D eigenvalue weighted by atomic mass is 10.2. The van der Waals surface area contributed by atoms with Gasteiger partial charge in [0, 0.05) is 11.6 Å². The third kappa shape index (κ3) is 3.46. The van der Waals surface area contributed by atoms with Gasteiger partial charge in [-0.25, -0.2) is 21.9 Å². The van der Waals surface area contributed by atoms with Crippen LogP contribution in [0.2, 0.25) is 0 Å². The molecule has 2 aromatic rings. The molecular formula is C14H12F2N2O3S. The smallest absolute Gasteiger partial charge is 0.255 e. The van der Waals surface area contributed by atoms with Gasteiger partial charge in [0.05, 0.1) is 10.6 Å². The van der Waals surface area contributed by atoms with Crippen molar-refractivity contribution < 1.29 is 22.0 Å². The van der Waals surface area contributed by atoms with Gasteiger partial charge in [0.15, 0.2) is 0 Å². The second-order valence-corrected chi connectivity index (χ2v) is 6.20. The first kappa shape index (κ1) is 16.1. The van der Waals surface area contributed by atoms with Gasteiger partial charge >= 0.3 is 0 Å². The number of benzene rings is 2. The molecule has 0 bridgehead atoms. The van der Waals surface area contributed by atoms with Crippen LogP contribution in [0.1, 0.15) is 10.4 Å². The highest BCUT2D eigenvalue weighted by atomic mass is 32.2. The quantitative estimate of drug-likeness (QED) is 0.904. The van der Waals surface area contributed by atoms with Gasteiger partial charge in [0.2, 0.25) is 10.0 Å². The van der Waals surface area contributed by atoms with Gasteiger partial charge < -0.3 is 5.32 Å². The highest BCUT2D eigenvalue weighted by Gasteiger charge is 2.15. The monoisotopic (exact) mass is 326 g/mol. The van der Waals surface area contributed by atoms with Crippen LogP contribution in [0.4, 0.5) is 14.5 Å². The predicted molar refractivity (Wildman–Crippen MR) is 77.0 cm³/mol. The molecule has 8 heteroatoms. The van der Waals surface area contributed by atoms with Gasteiger partial charge in [0.25, 0.3) is 5.91 Å². The second kappa shape index (κ2) is 6.20. The molecular weight excluding hydrogens is 314 g/mol. The van der Waals surface area contributed by atoms with Gasteiger partial charge in [-0.05, 0) is 37.4 Å². The number of amides is 1. The molecule has 0 heterocycles. The summed E-state index contributed by atoms with van der Waals surface area (Å²) in [6.07, 6.45) is 0. The van der Waals surface area contributed by atoms with Crippen LogP contribution in [0, 0.1) is 11.6 Å². The van der Waals surface area contributed by atoms with Crippen molar-refractivity contribution in [2.45, 2.75) is 4.90 Å². The summed E-state index contributed by atoms with van der Waals surface area (Å²) in [5.74, 6) is -2.40. The van der Waals surface area contributed by atoms with Crippen LogP contribution in [-0.2, 0) is 10.0 Å². The number of nitrogens with one attached hydrogen (secondary N) is 2. The summed E-state index contributed by atoms with van der Waals surface area (Å²) in [5.41, 5.74) is -0.173. The van der Waals surface area contributed by atoms with E-state index in [4.69, 9.17) is 0 Å². The first-order valence-corrected chi connectivity index (χ1v) is 7.62. The maximum Gasteiger partial charge on any atom is 0.255 e. The Balaban J connectivity index is 2.29. The fourth-order valence-electron chi connectivity index (χ4n) is 1.71. The Morgan fingerprint density at radius 2 is 1.82 bits per heavy atom. The second-order valence-electron chi connectivity index (χ2n) is 4.31. The minimum Gasteiger partial charge on any atom is -0.319 e. The lowest BCUT2D eigenvalue weighted by Crippen LogP contribution is -2.19. The van der Waals surface area contributed by atoms with Gasteiger partial charge in [0.1, 0.15) is 11.6 Å². The SMILES string of the molecule is CNS(=O)(=O)c1cccc(C(=O)Nc2ccc(F)cc2F)c1. The number of rotatable bonds is 4. The Bertz CT molecular complexity index is 823. The van der Waals surface area contributed by atoms with E-state index >= 15 is 0 Å². The maximum absolute atomic E-state index is 13.5. The summed E-state index contributed by atoms with van der Waals surface area (Å²) >= 11 is 0. The Morgan fingerprint density at radius 1 is 1.09 bits per heavy atom. The first-order chi connectivity index (χ1) is 10.3. The van der Waals surface area contributed by atoms with E-state index < -0.39 is 27.6 Å². The normalized spacial score (nSPS) is 11.2. The molecule has 0 aliphatic heterocycles. The van der Waals surface area contributed by atoms with Crippen molar-refractivity contribution in [3.63, 3.8) is 0 Å². The Kier molecular flexibility index (Phi) is 4.53. The number of anilines is 1. The highest BCUT2D eigenvalue weighted by molar-refractivity contribution is 7.89. The number of carbonyl (C=O) groups excluding carboxylic acids is 1. The fourth-order valence-corrected chi connectivity index (χ4v) is 2.48.